The number of carbonyl (C=O) groups excluding carboxylic acids is 2. The quantitative estimate of drug-likeness (QED) is 0.252. The summed E-state index contributed by atoms with van der Waals surface area (Å²) in [6.45, 7) is 10.1. The van der Waals surface area contributed by atoms with Crippen LogP contribution in [-0.2, 0) is 14.4 Å². The highest BCUT2D eigenvalue weighted by Gasteiger charge is 2.46. The number of furan rings is 1. The molecule has 0 amide bonds. The number of carbonyl (C=O) groups is 2. The lowest BCUT2D eigenvalue weighted by molar-refractivity contribution is -0.222. The smallest absolute Gasteiger partial charge is 0.357 e. The van der Waals surface area contributed by atoms with E-state index in [9.17, 15) is 9.59 Å². The van der Waals surface area contributed by atoms with E-state index in [4.69, 9.17) is 30.6 Å². The van der Waals surface area contributed by atoms with Gasteiger partial charge < -0.3 is 19.1 Å². The van der Waals surface area contributed by atoms with Gasteiger partial charge in [0.1, 0.15) is 5.76 Å². The van der Waals surface area contributed by atoms with E-state index in [1.54, 1.807) is 18.2 Å². The van der Waals surface area contributed by atoms with Crippen molar-refractivity contribution in [3.05, 3.63) is 58.1 Å². The summed E-state index contributed by atoms with van der Waals surface area (Å²) in [4.78, 5) is 48.2. The Balaban J connectivity index is 1.36. The number of aliphatic imine (C=N–C) groups is 1. The van der Waals surface area contributed by atoms with Crippen molar-refractivity contribution < 1.29 is 23.6 Å². The van der Waals surface area contributed by atoms with Crippen LogP contribution in [0.3, 0.4) is 0 Å². The van der Waals surface area contributed by atoms with Crippen LogP contribution in [0.4, 0.5) is 5.69 Å². The number of aryl methyl sites for hydroxylation is 1. The Bertz CT molecular complexity index is 1660. The number of aromatic amines is 2. The highest BCUT2D eigenvalue weighted by molar-refractivity contribution is 7.99. The Hall–Kier alpha value is -3.38. The molecule has 1 fully saturated rings. The molecule has 5 heterocycles. The van der Waals surface area contributed by atoms with E-state index in [0.29, 0.717) is 44.5 Å². The lowest BCUT2D eigenvalue weighted by Gasteiger charge is -2.39. The number of benzene rings is 1. The number of hydrogen-bond acceptors (Lipinski definition) is 9. The van der Waals surface area contributed by atoms with Crippen LogP contribution < -0.4 is 0 Å². The number of H-pyrrole nitrogens is 2. The minimum Gasteiger partial charge on any atom is -0.461 e. The lowest BCUT2D eigenvalue weighted by atomic mass is 9.75. The second-order valence-electron chi connectivity index (χ2n) is 11.1. The van der Waals surface area contributed by atoms with Crippen LogP contribution in [0.15, 0.2) is 50.1 Å². The van der Waals surface area contributed by atoms with Gasteiger partial charge in [0.25, 0.3) is 0 Å². The average molecular weight is 596 g/mol. The number of piperidine rings is 1. The first-order valence-electron chi connectivity index (χ1n) is 13.4. The van der Waals surface area contributed by atoms with Crippen LogP contribution in [-0.4, -0.2) is 62.8 Å². The van der Waals surface area contributed by atoms with Crippen LogP contribution in [0.25, 0.3) is 11.0 Å². The highest BCUT2D eigenvalue weighted by Crippen LogP contribution is 2.47. The molecule has 41 heavy (non-hydrogen) atoms. The van der Waals surface area contributed by atoms with Crippen LogP contribution >= 0.6 is 23.4 Å². The summed E-state index contributed by atoms with van der Waals surface area (Å²) < 4.78 is 11.6. The van der Waals surface area contributed by atoms with Gasteiger partial charge in [-0.15, -0.1) is 0 Å². The predicted octanol–water partition coefficient (Wildman–Crippen LogP) is 6.22. The summed E-state index contributed by atoms with van der Waals surface area (Å²) in [5, 5.41) is 3.55. The zero-order chi connectivity index (χ0) is 29.1. The summed E-state index contributed by atoms with van der Waals surface area (Å²) in [6, 6.07) is 7.52. The first kappa shape index (κ1) is 27.8. The van der Waals surface area contributed by atoms with Gasteiger partial charge in [0.15, 0.2) is 21.7 Å². The molecule has 2 atom stereocenters. The van der Waals surface area contributed by atoms with Gasteiger partial charge in [-0.2, -0.15) is 5.06 Å². The zero-order valence-corrected chi connectivity index (χ0v) is 24.9. The maximum absolute atomic E-state index is 13.6. The molecule has 2 aliphatic heterocycles. The molecule has 2 unspecified atom stereocenters. The van der Waals surface area contributed by atoms with Gasteiger partial charge >= 0.3 is 5.97 Å². The molecule has 0 bridgehead atoms. The fourth-order valence-electron chi connectivity index (χ4n) is 5.33. The first-order valence-corrected chi connectivity index (χ1v) is 14.6. The maximum Gasteiger partial charge on any atom is 0.357 e. The van der Waals surface area contributed by atoms with Crippen molar-refractivity contribution in [2.24, 2.45) is 10.9 Å². The van der Waals surface area contributed by atoms with Gasteiger partial charge in [-0.25, -0.2) is 9.78 Å². The van der Waals surface area contributed by atoms with E-state index in [2.05, 4.69) is 15.0 Å². The molecule has 2 aliphatic rings. The predicted molar refractivity (Wildman–Crippen MR) is 155 cm³/mol. The van der Waals surface area contributed by atoms with E-state index >= 15 is 0 Å². The summed E-state index contributed by atoms with van der Waals surface area (Å²) in [5.41, 5.74) is 4.15. The van der Waals surface area contributed by atoms with Crippen molar-refractivity contribution in [2.75, 3.05) is 19.7 Å². The number of imidazole rings is 1. The fraction of sp³-hybridized carbons (Fsp3) is 0.379. The minimum atomic E-state index is -0.562. The third-order valence-corrected chi connectivity index (χ3v) is 8.13. The van der Waals surface area contributed by atoms with Gasteiger partial charge in [-0.05, 0) is 76.2 Å². The topological polar surface area (TPSA) is 126 Å². The summed E-state index contributed by atoms with van der Waals surface area (Å²) in [7, 11) is 0. The third kappa shape index (κ3) is 5.34. The number of hydroxylamine groups is 2. The van der Waals surface area contributed by atoms with Gasteiger partial charge in [0.05, 0.1) is 53.9 Å². The number of Topliss-reactive ketones (excluding diaryl/α,β-unsaturated/α-hetero) is 1. The van der Waals surface area contributed by atoms with Gasteiger partial charge in [0, 0.05) is 22.5 Å². The number of aromatic nitrogens is 3. The van der Waals surface area contributed by atoms with Crippen LogP contribution in [0, 0.1) is 12.8 Å². The number of ether oxygens (including phenoxy) is 1. The molecule has 6 rings (SSSR count). The molecule has 1 aromatic carbocycles. The number of ketones is 1. The molecule has 3 aromatic heterocycles. The SMILES string of the molecule is CCOC(=O)c1[nH]cc2c1N=C1CN(OC(C)(C)C)CC(=O)C1C2c1ccc(Sc2nc3cc(Cl)c(C)cc3[nH]2)o1. The summed E-state index contributed by atoms with van der Waals surface area (Å²) in [5.74, 6) is -0.990. The number of halogens is 1. The monoisotopic (exact) mass is 595 g/mol. The Labute approximate surface area is 245 Å². The maximum atomic E-state index is 13.6. The zero-order valence-electron chi connectivity index (χ0n) is 23.3. The molecule has 0 aliphatic carbocycles. The molecule has 10 nitrogen and oxygen atoms in total. The Morgan fingerprint density at radius 1 is 1.24 bits per heavy atom. The third-order valence-electron chi connectivity index (χ3n) is 6.91. The van der Waals surface area contributed by atoms with Crippen LogP contribution in [0.1, 0.15) is 61.0 Å². The van der Waals surface area contributed by atoms with E-state index in [0.717, 1.165) is 16.6 Å². The standard InChI is InChI=1S/C29H30ClN5O5S/c1-6-38-27(37)26-25-15(11-31-26)23(24-19(32-25)12-35(13-20(24)36)40-29(3,4)5)21-7-8-22(39-21)41-28-33-17-9-14(2)16(30)10-18(17)34-28/h7-11,23-24,31H,6,12-13H2,1-5H3,(H,33,34). The number of rotatable bonds is 6. The van der Waals surface area contributed by atoms with E-state index in [1.165, 1.54) is 11.8 Å². The molecule has 0 spiro atoms. The van der Waals surface area contributed by atoms with E-state index in [-0.39, 0.29) is 24.6 Å². The summed E-state index contributed by atoms with van der Waals surface area (Å²) in [6.07, 6.45) is 1.72. The van der Waals surface area contributed by atoms with Crippen molar-refractivity contribution in [2.45, 2.75) is 56.4 Å². The number of esters is 1. The normalized spacial score (nSPS) is 19.3. The van der Waals surface area contributed by atoms with Crippen molar-refractivity contribution in [3.63, 3.8) is 0 Å². The number of fused-ring (bicyclic) bond motifs is 3. The molecule has 2 N–H and O–H groups in total. The Kier molecular flexibility index (Phi) is 7.09. The molecule has 214 valence electrons. The second-order valence-corrected chi connectivity index (χ2v) is 12.5. The van der Waals surface area contributed by atoms with Crippen molar-refractivity contribution >= 4 is 57.5 Å². The van der Waals surface area contributed by atoms with Gasteiger partial charge in [-0.1, -0.05) is 11.6 Å². The molecular weight excluding hydrogens is 566 g/mol. The van der Waals surface area contributed by atoms with Crippen LogP contribution in [0.2, 0.25) is 5.02 Å². The molecule has 4 aromatic rings. The number of nitrogens with zero attached hydrogens (tertiary/aromatic N) is 3. The van der Waals surface area contributed by atoms with Crippen LogP contribution in [0.5, 0.6) is 0 Å². The van der Waals surface area contributed by atoms with Crippen molar-refractivity contribution in [1.29, 1.82) is 0 Å². The van der Waals surface area contributed by atoms with Crippen molar-refractivity contribution in [3.8, 4) is 0 Å². The molecule has 1 saturated heterocycles. The Morgan fingerprint density at radius 2 is 2.05 bits per heavy atom. The second kappa shape index (κ2) is 10.5. The fourth-order valence-corrected chi connectivity index (χ4v) is 6.26. The van der Waals surface area contributed by atoms with Gasteiger partial charge in [0.2, 0.25) is 0 Å². The first-order chi connectivity index (χ1) is 19.5. The summed E-state index contributed by atoms with van der Waals surface area (Å²) >= 11 is 7.62. The molecular formula is C29H30ClN5O5S. The van der Waals surface area contributed by atoms with Gasteiger partial charge in [-0.3, -0.25) is 14.6 Å². The lowest BCUT2D eigenvalue weighted by Crippen LogP contribution is -2.52. The van der Waals surface area contributed by atoms with E-state index in [1.807, 2.05) is 52.0 Å². The number of nitrogens with one attached hydrogen (secondary N) is 2. The highest BCUT2D eigenvalue weighted by atomic mass is 35.5. The minimum absolute atomic E-state index is 0.0380. The van der Waals surface area contributed by atoms with Crippen molar-refractivity contribution in [1.82, 2.24) is 20.0 Å². The largest absolute Gasteiger partial charge is 0.461 e. The van der Waals surface area contributed by atoms with E-state index < -0.39 is 23.4 Å². The molecule has 0 radical (unpaired) electrons. The molecule has 12 heteroatoms. The molecule has 0 saturated carbocycles. The average Bonchev–Trinajstić information content (AvgIpc) is 3.61. The number of hydrogen-bond donors (Lipinski definition) is 2. The Morgan fingerprint density at radius 3 is 2.80 bits per heavy atom.